The van der Waals surface area contributed by atoms with Gasteiger partial charge in [-0.05, 0) is 43.9 Å². The number of methoxy groups -OCH3 is 1. The van der Waals surface area contributed by atoms with Gasteiger partial charge < -0.3 is 10.5 Å². The van der Waals surface area contributed by atoms with Gasteiger partial charge in [0.2, 0.25) is 0 Å². The van der Waals surface area contributed by atoms with Gasteiger partial charge in [0.05, 0.1) is 0 Å². The van der Waals surface area contributed by atoms with Gasteiger partial charge in [0.15, 0.2) is 0 Å². The highest BCUT2D eigenvalue weighted by molar-refractivity contribution is 4.93. The van der Waals surface area contributed by atoms with E-state index in [1.54, 1.807) is 7.11 Å². The van der Waals surface area contributed by atoms with Crippen molar-refractivity contribution >= 4 is 0 Å². The Morgan fingerprint density at radius 3 is 2.53 bits per heavy atom. The Hall–Kier alpha value is -0.0800. The van der Waals surface area contributed by atoms with Crippen LogP contribution in [-0.2, 0) is 4.74 Å². The summed E-state index contributed by atoms with van der Waals surface area (Å²) in [4.78, 5) is 0. The van der Waals surface area contributed by atoms with Crippen molar-refractivity contribution < 1.29 is 4.74 Å². The molecule has 2 nitrogen and oxygen atoms in total. The van der Waals surface area contributed by atoms with E-state index in [1.807, 2.05) is 0 Å². The SMILES string of the molecule is CCCCC1CCC(N)(C(C)CCOC)CC1. The molecule has 1 atom stereocenters. The number of unbranched alkanes of at least 4 members (excludes halogenated alkanes) is 1. The average molecular weight is 241 g/mol. The largest absolute Gasteiger partial charge is 0.385 e. The Morgan fingerprint density at radius 1 is 1.35 bits per heavy atom. The van der Waals surface area contributed by atoms with Crippen LogP contribution in [0.5, 0.6) is 0 Å². The summed E-state index contributed by atoms with van der Waals surface area (Å²) in [6, 6.07) is 0. The Morgan fingerprint density at radius 2 is 2.00 bits per heavy atom. The zero-order valence-electron chi connectivity index (χ0n) is 12.0. The molecule has 1 unspecified atom stereocenters. The second-order valence-corrected chi connectivity index (χ2v) is 6.00. The summed E-state index contributed by atoms with van der Waals surface area (Å²) in [6.07, 6.45) is 10.3. The Labute approximate surface area is 107 Å². The lowest BCUT2D eigenvalue weighted by atomic mass is 9.69. The highest BCUT2D eigenvalue weighted by Crippen LogP contribution is 2.38. The fraction of sp³-hybridized carbons (Fsp3) is 1.00. The van der Waals surface area contributed by atoms with E-state index in [4.69, 9.17) is 10.5 Å². The van der Waals surface area contributed by atoms with Crippen LogP contribution in [0.25, 0.3) is 0 Å². The van der Waals surface area contributed by atoms with E-state index < -0.39 is 0 Å². The van der Waals surface area contributed by atoms with Crippen LogP contribution in [0.4, 0.5) is 0 Å². The maximum absolute atomic E-state index is 6.58. The molecule has 0 aromatic rings. The van der Waals surface area contributed by atoms with Crippen LogP contribution in [0.15, 0.2) is 0 Å². The van der Waals surface area contributed by atoms with E-state index in [0.29, 0.717) is 5.92 Å². The quantitative estimate of drug-likeness (QED) is 0.737. The van der Waals surface area contributed by atoms with E-state index in [1.165, 1.54) is 44.9 Å². The highest BCUT2D eigenvalue weighted by atomic mass is 16.5. The van der Waals surface area contributed by atoms with Gasteiger partial charge in [-0.15, -0.1) is 0 Å². The average Bonchev–Trinajstić information content (AvgIpc) is 2.35. The van der Waals surface area contributed by atoms with Crippen molar-refractivity contribution in [2.45, 2.75) is 70.8 Å². The molecule has 0 aromatic heterocycles. The van der Waals surface area contributed by atoms with Crippen LogP contribution in [0, 0.1) is 11.8 Å². The molecule has 2 N–H and O–H groups in total. The van der Waals surface area contributed by atoms with Crippen molar-refractivity contribution in [3.63, 3.8) is 0 Å². The molecule has 0 saturated heterocycles. The monoisotopic (exact) mass is 241 g/mol. The number of hydrogen-bond acceptors (Lipinski definition) is 2. The zero-order valence-corrected chi connectivity index (χ0v) is 12.0. The van der Waals surface area contributed by atoms with Crippen molar-refractivity contribution in [2.75, 3.05) is 13.7 Å². The Bertz CT molecular complexity index is 197. The Kier molecular flexibility index (Phi) is 6.50. The van der Waals surface area contributed by atoms with Crippen LogP contribution in [0.1, 0.15) is 65.2 Å². The minimum absolute atomic E-state index is 0.0846. The minimum atomic E-state index is 0.0846. The lowest BCUT2D eigenvalue weighted by Gasteiger charge is -2.41. The number of ether oxygens (including phenoxy) is 1. The Balaban J connectivity index is 2.32. The molecular formula is C15H31NO. The molecule has 1 aliphatic carbocycles. The molecule has 1 fully saturated rings. The van der Waals surface area contributed by atoms with Crippen molar-refractivity contribution in [3.8, 4) is 0 Å². The molecular weight excluding hydrogens is 210 g/mol. The van der Waals surface area contributed by atoms with Gasteiger partial charge in [0, 0.05) is 19.3 Å². The molecule has 1 saturated carbocycles. The fourth-order valence-electron chi connectivity index (χ4n) is 3.07. The first-order valence-electron chi connectivity index (χ1n) is 7.40. The molecule has 0 spiro atoms. The summed E-state index contributed by atoms with van der Waals surface area (Å²) < 4.78 is 5.17. The number of rotatable bonds is 7. The van der Waals surface area contributed by atoms with E-state index in [-0.39, 0.29) is 5.54 Å². The molecule has 0 aromatic carbocycles. The second kappa shape index (κ2) is 7.38. The number of nitrogens with two attached hydrogens (primary N) is 1. The molecule has 0 heterocycles. The first-order chi connectivity index (χ1) is 8.12. The summed E-state index contributed by atoms with van der Waals surface area (Å²) in [5, 5.41) is 0. The van der Waals surface area contributed by atoms with Gasteiger partial charge in [0.25, 0.3) is 0 Å². The first-order valence-corrected chi connectivity index (χ1v) is 7.40. The van der Waals surface area contributed by atoms with Crippen LogP contribution in [-0.4, -0.2) is 19.3 Å². The van der Waals surface area contributed by atoms with Crippen molar-refractivity contribution in [2.24, 2.45) is 17.6 Å². The first kappa shape index (κ1) is 15.0. The molecule has 0 bridgehead atoms. The molecule has 0 aliphatic heterocycles. The van der Waals surface area contributed by atoms with E-state index >= 15 is 0 Å². The van der Waals surface area contributed by atoms with Crippen LogP contribution >= 0.6 is 0 Å². The van der Waals surface area contributed by atoms with Gasteiger partial charge >= 0.3 is 0 Å². The summed E-state index contributed by atoms with van der Waals surface area (Å²) in [5.74, 6) is 1.54. The third-order valence-electron chi connectivity index (χ3n) is 4.74. The molecule has 1 aliphatic rings. The van der Waals surface area contributed by atoms with Gasteiger partial charge in [-0.1, -0.05) is 33.1 Å². The van der Waals surface area contributed by atoms with E-state index in [9.17, 15) is 0 Å². The third-order valence-corrected chi connectivity index (χ3v) is 4.74. The summed E-state index contributed by atoms with van der Waals surface area (Å²) in [6.45, 7) is 5.42. The van der Waals surface area contributed by atoms with Gasteiger partial charge in [-0.3, -0.25) is 0 Å². The normalized spacial score (nSPS) is 31.4. The number of hydrogen-bond donors (Lipinski definition) is 1. The maximum Gasteiger partial charge on any atom is 0.0465 e. The maximum atomic E-state index is 6.58. The summed E-state index contributed by atoms with van der Waals surface area (Å²) in [5.41, 5.74) is 6.66. The molecule has 0 amide bonds. The second-order valence-electron chi connectivity index (χ2n) is 6.00. The molecule has 17 heavy (non-hydrogen) atoms. The third kappa shape index (κ3) is 4.59. The van der Waals surface area contributed by atoms with Gasteiger partial charge in [-0.2, -0.15) is 0 Å². The highest BCUT2D eigenvalue weighted by Gasteiger charge is 2.35. The van der Waals surface area contributed by atoms with E-state index in [2.05, 4.69) is 13.8 Å². The van der Waals surface area contributed by atoms with Gasteiger partial charge in [0.1, 0.15) is 0 Å². The van der Waals surface area contributed by atoms with Crippen molar-refractivity contribution in [1.82, 2.24) is 0 Å². The predicted octanol–water partition coefficient (Wildman–Crippen LogP) is 3.74. The zero-order chi connectivity index (χ0) is 12.7. The molecule has 0 radical (unpaired) electrons. The minimum Gasteiger partial charge on any atom is -0.385 e. The van der Waals surface area contributed by atoms with Crippen molar-refractivity contribution in [3.05, 3.63) is 0 Å². The van der Waals surface area contributed by atoms with Crippen LogP contribution < -0.4 is 5.73 Å². The topological polar surface area (TPSA) is 35.2 Å². The van der Waals surface area contributed by atoms with Crippen molar-refractivity contribution in [1.29, 1.82) is 0 Å². The smallest absolute Gasteiger partial charge is 0.0465 e. The molecule has 102 valence electrons. The molecule has 2 heteroatoms. The standard InChI is InChI=1S/C15H31NO/c1-4-5-6-14-7-10-15(16,11-8-14)13(2)9-12-17-3/h13-14H,4-12,16H2,1-3H3. The summed E-state index contributed by atoms with van der Waals surface area (Å²) in [7, 11) is 1.78. The van der Waals surface area contributed by atoms with Crippen LogP contribution in [0.2, 0.25) is 0 Å². The van der Waals surface area contributed by atoms with E-state index in [0.717, 1.165) is 18.9 Å². The summed E-state index contributed by atoms with van der Waals surface area (Å²) >= 11 is 0. The van der Waals surface area contributed by atoms with Gasteiger partial charge in [-0.25, -0.2) is 0 Å². The van der Waals surface area contributed by atoms with Crippen LogP contribution in [0.3, 0.4) is 0 Å². The molecule has 1 rings (SSSR count). The lowest BCUT2D eigenvalue weighted by Crippen LogP contribution is -2.49. The lowest BCUT2D eigenvalue weighted by molar-refractivity contribution is 0.120. The predicted molar refractivity (Wildman–Crippen MR) is 74.1 cm³/mol. The fourth-order valence-corrected chi connectivity index (χ4v) is 3.07.